The van der Waals surface area contributed by atoms with Crippen LogP contribution in [0, 0.1) is 0 Å². The summed E-state index contributed by atoms with van der Waals surface area (Å²) in [6, 6.07) is -0.186. The molecule has 3 N–H and O–H groups in total. The topological polar surface area (TPSA) is 78.4 Å². The van der Waals surface area contributed by atoms with Gasteiger partial charge in [-0.25, -0.2) is 0 Å². The van der Waals surface area contributed by atoms with Crippen LogP contribution in [-0.2, 0) is 9.59 Å². The summed E-state index contributed by atoms with van der Waals surface area (Å²) in [5.41, 5.74) is 0. The molecule has 0 aromatic carbocycles. The van der Waals surface area contributed by atoms with Crippen molar-refractivity contribution in [2.45, 2.75) is 38.6 Å². The van der Waals surface area contributed by atoms with E-state index in [0.29, 0.717) is 13.0 Å². The van der Waals surface area contributed by atoms with Crippen LogP contribution in [0.2, 0.25) is 0 Å². The number of amides is 2. The first-order chi connectivity index (χ1) is 8.10. The third-order valence-electron chi connectivity index (χ3n) is 2.25. The van der Waals surface area contributed by atoms with Crippen molar-refractivity contribution in [1.29, 1.82) is 0 Å². The maximum absolute atomic E-state index is 11.3. The largest absolute Gasteiger partial charge is 0.394 e. The summed E-state index contributed by atoms with van der Waals surface area (Å²) >= 11 is 0. The highest BCUT2D eigenvalue weighted by Crippen LogP contribution is 1.99. The van der Waals surface area contributed by atoms with Gasteiger partial charge in [0.05, 0.1) is 6.61 Å². The Morgan fingerprint density at radius 1 is 1.35 bits per heavy atom. The Morgan fingerprint density at radius 3 is 2.65 bits per heavy atom. The molecule has 1 unspecified atom stereocenters. The number of nitrogens with one attached hydrogen (secondary N) is 2. The Labute approximate surface area is 102 Å². The molecule has 0 aliphatic rings. The summed E-state index contributed by atoms with van der Waals surface area (Å²) in [4.78, 5) is 22.1. The highest BCUT2D eigenvalue weighted by Gasteiger charge is 2.05. The molecule has 0 aliphatic heterocycles. The van der Waals surface area contributed by atoms with Crippen molar-refractivity contribution in [3.63, 3.8) is 0 Å². The van der Waals surface area contributed by atoms with Gasteiger partial charge in [0.2, 0.25) is 11.8 Å². The van der Waals surface area contributed by atoms with Crippen LogP contribution >= 0.6 is 0 Å². The number of hydrogen-bond acceptors (Lipinski definition) is 3. The normalized spacial score (nSPS) is 11.6. The van der Waals surface area contributed by atoms with Crippen molar-refractivity contribution in [2.75, 3.05) is 13.2 Å². The highest BCUT2D eigenvalue weighted by molar-refractivity contribution is 5.86. The van der Waals surface area contributed by atoms with Crippen LogP contribution in [-0.4, -0.2) is 36.1 Å². The van der Waals surface area contributed by atoms with Crippen molar-refractivity contribution in [2.24, 2.45) is 0 Å². The van der Waals surface area contributed by atoms with Crippen LogP contribution in [0.4, 0.5) is 0 Å². The van der Waals surface area contributed by atoms with Crippen LogP contribution in [0.1, 0.15) is 32.6 Å². The molecule has 0 heterocycles. The van der Waals surface area contributed by atoms with Gasteiger partial charge in [-0.05, 0) is 25.8 Å². The number of aliphatic hydroxyl groups excluding tert-OH is 1. The van der Waals surface area contributed by atoms with E-state index in [9.17, 15) is 9.59 Å². The summed E-state index contributed by atoms with van der Waals surface area (Å²) < 4.78 is 0. The van der Waals surface area contributed by atoms with Crippen molar-refractivity contribution in [3.05, 3.63) is 12.7 Å². The molecule has 0 radical (unpaired) electrons. The summed E-state index contributed by atoms with van der Waals surface area (Å²) in [6.45, 7) is 5.67. The highest BCUT2D eigenvalue weighted by atomic mass is 16.3. The number of rotatable bonds is 9. The van der Waals surface area contributed by atoms with E-state index in [4.69, 9.17) is 5.11 Å². The Hall–Kier alpha value is -1.36. The van der Waals surface area contributed by atoms with Crippen molar-refractivity contribution in [1.82, 2.24) is 10.6 Å². The quantitative estimate of drug-likeness (QED) is 0.403. The van der Waals surface area contributed by atoms with Gasteiger partial charge in [0.25, 0.3) is 0 Å². The zero-order valence-electron chi connectivity index (χ0n) is 10.4. The lowest BCUT2D eigenvalue weighted by atomic mass is 10.2. The molecule has 5 heteroatoms. The first-order valence-corrected chi connectivity index (χ1v) is 5.90. The standard InChI is InChI=1S/C12H22N2O3/c1-3-11(16)13-8-6-4-5-7-12(17)14-10(2)9-15/h3,10,15H,1,4-9H2,2H3,(H,13,16)(H,14,17). The minimum absolute atomic E-state index is 0.0401. The summed E-state index contributed by atoms with van der Waals surface area (Å²) in [5.74, 6) is -0.207. The van der Waals surface area contributed by atoms with Gasteiger partial charge >= 0.3 is 0 Å². The first-order valence-electron chi connectivity index (χ1n) is 5.90. The van der Waals surface area contributed by atoms with Crippen LogP contribution < -0.4 is 10.6 Å². The molecule has 0 fully saturated rings. The van der Waals surface area contributed by atoms with Gasteiger partial charge in [-0.3, -0.25) is 9.59 Å². The fourth-order valence-electron chi connectivity index (χ4n) is 1.26. The van der Waals surface area contributed by atoms with Crippen molar-refractivity contribution in [3.8, 4) is 0 Å². The summed E-state index contributed by atoms with van der Waals surface area (Å²) in [7, 11) is 0. The second kappa shape index (κ2) is 9.84. The van der Waals surface area contributed by atoms with E-state index in [-0.39, 0.29) is 24.5 Å². The number of carbonyl (C=O) groups is 2. The van der Waals surface area contributed by atoms with Crippen LogP contribution in [0.3, 0.4) is 0 Å². The Balaban J connectivity index is 3.36. The third-order valence-corrected chi connectivity index (χ3v) is 2.25. The number of unbranched alkanes of at least 4 members (excludes halogenated alkanes) is 2. The SMILES string of the molecule is C=CC(=O)NCCCCCC(=O)NC(C)CO. The molecule has 0 saturated heterocycles. The Kier molecular flexibility index (Phi) is 9.05. The first kappa shape index (κ1) is 15.6. The lowest BCUT2D eigenvalue weighted by Crippen LogP contribution is -2.34. The lowest BCUT2D eigenvalue weighted by Gasteiger charge is -2.10. The van der Waals surface area contributed by atoms with Gasteiger partial charge in [0.15, 0.2) is 0 Å². The predicted octanol–water partition coefficient (Wildman–Crippen LogP) is 0.346. The molecule has 1 atom stereocenters. The molecule has 0 rings (SSSR count). The molecule has 0 aliphatic carbocycles. The molecule has 0 saturated carbocycles. The van der Waals surface area contributed by atoms with Gasteiger partial charge in [0, 0.05) is 19.0 Å². The second-order valence-electron chi connectivity index (χ2n) is 3.96. The molecule has 0 spiro atoms. The van der Waals surface area contributed by atoms with E-state index >= 15 is 0 Å². The van der Waals surface area contributed by atoms with E-state index < -0.39 is 0 Å². The Morgan fingerprint density at radius 2 is 2.06 bits per heavy atom. The van der Waals surface area contributed by atoms with E-state index in [1.165, 1.54) is 6.08 Å². The minimum atomic E-state index is -0.186. The Bertz CT molecular complexity index is 254. The van der Waals surface area contributed by atoms with E-state index in [1.807, 2.05) is 0 Å². The van der Waals surface area contributed by atoms with Crippen LogP contribution in [0.5, 0.6) is 0 Å². The third kappa shape index (κ3) is 9.56. The maximum atomic E-state index is 11.3. The zero-order valence-corrected chi connectivity index (χ0v) is 10.4. The zero-order chi connectivity index (χ0) is 13.1. The predicted molar refractivity (Wildman–Crippen MR) is 66.4 cm³/mol. The molecule has 5 nitrogen and oxygen atoms in total. The molecule has 0 aromatic heterocycles. The van der Waals surface area contributed by atoms with Gasteiger partial charge < -0.3 is 15.7 Å². The minimum Gasteiger partial charge on any atom is -0.394 e. The summed E-state index contributed by atoms with van der Waals surface area (Å²) in [5, 5.41) is 14.1. The van der Waals surface area contributed by atoms with Crippen LogP contribution in [0.15, 0.2) is 12.7 Å². The number of aliphatic hydroxyl groups is 1. The van der Waals surface area contributed by atoms with Crippen LogP contribution in [0.25, 0.3) is 0 Å². The average Bonchev–Trinajstić information content (AvgIpc) is 2.32. The molecule has 2 amide bonds. The second-order valence-corrected chi connectivity index (χ2v) is 3.96. The molecule has 17 heavy (non-hydrogen) atoms. The van der Waals surface area contributed by atoms with Crippen molar-refractivity contribution >= 4 is 11.8 Å². The smallest absolute Gasteiger partial charge is 0.243 e. The van der Waals surface area contributed by atoms with E-state index in [1.54, 1.807) is 6.92 Å². The van der Waals surface area contributed by atoms with Gasteiger partial charge in [-0.1, -0.05) is 13.0 Å². The fraction of sp³-hybridized carbons (Fsp3) is 0.667. The number of hydrogen-bond donors (Lipinski definition) is 3. The molecule has 98 valence electrons. The number of carbonyl (C=O) groups excluding carboxylic acids is 2. The molecular formula is C12H22N2O3. The average molecular weight is 242 g/mol. The maximum Gasteiger partial charge on any atom is 0.243 e. The lowest BCUT2D eigenvalue weighted by molar-refractivity contribution is -0.122. The van der Waals surface area contributed by atoms with E-state index in [2.05, 4.69) is 17.2 Å². The molecular weight excluding hydrogens is 220 g/mol. The fourth-order valence-corrected chi connectivity index (χ4v) is 1.26. The monoisotopic (exact) mass is 242 g/mol. The van der Waals surface area contributed by atoms with Gasteiger partial charge in [-0.15, -0.1) is 0 Å². The van der Waals surface area contributed by atoms with E-state index in [0.717, 1.165) is 19.3 Å². The molecule has 0 aromatic rings. The van der Waals surface area contributed by atoms with Gasteiger partial charge in [0.1, 0.15) is 0 Å². The van der Waals surface area contributed by atoms with Crippen molar-refractivity contribution < 1.29 is 14.7 Å². The summed E-state index contributed by atoms with van der Waals surface area (Å²) in [6.07, 6.45) is 4.22. The molecule has 0 bridgehead atoms. The van der Waals surface area contributed by atoms with Gasteiger partial charge in [-0.2, -0.15) is 0 Å².